The maximum absolute atomic E-state index is 13.7. The van der Waals surface area contributed by atoms with Gasteiger partial charge in [-0.3, -0.25) is 9.59 Å². The number of rotatable bonds is 11. The van der Waals surface area contributed by atoms with Crippen LogP contribution in [0.25, 0.3) is 11.3 Å². The molecule has 2 bridgehead atoms. The van der Waals surface area contributed by atoms with Crippen molar-refractivity contribution in [3.8, 4) is 11.3 Å². The Morgan fingerprint density at radius 1 is 0.782 bits per heavy atom. The second-order valence-electron chi connectivity index (χ2n) is 16.2. The highest BCUT2D eigenvalue weighted by Crippen LogP contribution is 2.58. The Bertz CT molecular complexity index is 1850. The fourth-order valence-corrected chi connectivity index (χ4v) is 9.68. The third kappa shape index (κ3) is 7.31. The summed E-state index contributed by atoms with van der Waals surface area (Å²) in [6.45, 7) is 6.92. The largest absolute Gasteiger partial charge is 0.453 e. The third-order valence-electron chi connectivity index (χ3n) is 13.3. The predicted octanol–water partition coefficient (Wildman–Crippen LogP) is 6.19. The van der Waals surface area contributed by atoms with Crippen molar-refractivity contribution in [2.24, 2.45) is 5.92 Å². The molecule has 2 saturated heterocycles. The van der Waals surface area contributed by atoms with Crippen LogP contribution >= 0.6 is 0 Å². The lowest BCUT2D eigenvalue weighted by Gasteiger charge is -2.53. The molecule has 55 heavy (non-hydrogen) atoms. The zero-order valence-electron chi connectivity index (χ0n) is 32.8. The summed E-state index contributed by atoms with van der Waals surface area (Å²) in [6, 6.07) is 7.29. The number of amides is 4. The molecule has 1 aromatic carbocycles. The van der Waals surface area contributed by atoms with Crippen LogP contribution in [-0.2, 0) is 29.9 Å². The van der Waals surface area contributed by atoms with Gasteiger partial charge in [0.25, 0.3) is 0 Å². The van der Waals surface area contributed by atoms with Gasteiger partial charge < -0.3 is 39.9 Å². The molecule has 14 nitrogen and oxygen atoms in total. The van der Waals surface area contributed by atoms with E-state index in [1.165, 1.54) is 25.5 Å². The zero-order chi connectivity index (χ0) is 38.9. The molecule has 2 aliphatic heterocycles. The van der Waals surface area contributed by atoms with Gasteiger partial charge in [0.1, 0.15) is 23.7 Å². The number of fused-ring (bicyclic) bond motifs is 3. The van der Waals surface area contributed by atoms with Crippen LogP contribution in [0, 0.1) is 5.92 Å². The smallest absolute Gasteiger partial charge is 0.407 e. The van der Waals surface area contributed by atoms with E-state index in [4.69, 9.17) is 14.7 Å². The average Bonchev–Trinajstić information content (AvgIpc) is 4.06. The number of methoxy groups -OCH3 is 2. The Kier molecular flexibility index (Phi) is 11.0. The SMILES string of the molecule is CC[C@H](C)[C@H](NC(=O)OC)C(=O)N1CCC[C@H]1c1ncc(-c2ccc(C34CCC(c5cnc([C@@H]6CCCN6C(=O)C(C)NC(=O)OC)[nH]5)(CC3)CC4)cc2)[nH]1. The molecule has 0 radical (unpaired) electrons. The molecule has 4 heterocycles. The Morgan fingerprint density at radius 2 is 1.33 bits per heavy atom. The summed E-state index contributed by atoms with van der Waals surface area (Å²) >= 11 is 0. The Hall–Kier alpha value is -4.88. The first kappa shape index (κ1) is 38.4. The Morgan fingerprint density at radius 3 is 1.93 bits per heavy atom. The number of aromatic amines is 2. The number of ether oxygens (including phenoxy) is 2. The van der Waals surface area contributed by atoms with E-state index >= 15 is 0 Å². The molecule has 4 N–H and O–H groups in total. The highest BCUT2D eigenvalue weighted by Gasteiger charge is 2.51. The van der Waals surface area contributed by atoms with Gasteiger partial charge in [-0.25, -0.2) is 19.6 Å². The van der Waals surface area contributed by atoms with Gasteiger partial charge in [0, 0.05) is 30.4 Å². The number of nitrogens with zero attached hydrogens (tertiary/aromatic N) is 4. The number of likely N-dealkylation sites (tertiary alicyclic amines) is 2. The quantitative estimate of drug-likeness (QED) is 0.179. The van der Waals surface area contributed by atoms with Crippen molar-refractivity contribution >= 4 is 24.0 Å². The van der Waals surface area contributed by atoms with Gasteiger partial charge >= 0.3 is 12.2 Å². The van der Waals surface area contributed by atoms with Gasteiger partial charge in [-0.15, -0.1) is 0 Å². The van der Waals surface area contributed by atoms with E-state index in [9.17, 15) is 19.2 Å². The predicted molar refractivity (Wildman–Crippen MR) is 205 cm³/mol. The molecule has 296 valence electrons. The lowest BCUT2D eigenvalue weighted by molar-refractivity contribution is -0.136. The lowest BCUT2D eigenvalue weighted by Crippen LogP contribution is -2.51. The summed E-state index contributed by atoms with van der Waals surface area (Å²) < 4.78 is 9.50. The summed E-state index contributed by atoms with van der Waals surface area (Å²) in [5.41, 5.74) is 4.74. The van der Waals surface area contributed by atoms with Gasteiger partial charge in [0.05, 0.1) is 38.2 Å². The number of aromatic nitrogens is 4. The van der Waals surface area contributed by atoms with Crippen LogP contribution in [-0.4, -0.2) is 93.1 Å². The fourth-order valence-electron chi connectivity index (χ4n) is 9.68. The maximum Gasteiger partial charge on any atom is 0.407 e. The molecule has 5 atom stereocenters. The molecule has 5 fully saturated rings. The zero-order valence-corrected chi connectivity index (χ0v) is 32.8. The minimum Gasteiger partial charge on any atom is -0.453 e. The minimum atomic E-state index is -0.677. The fraction of sp³-hybridized carbons (Fsp3) is 0.610. The number of nitrogens with one attached hydrogen (secondary N) is 4. The van der Waals surface area contributed by atoms with E-state index in [1.807, 2.05) is 36.0 Å². The van der Waals surface area contributed by atoms with Gasteiger partial charge in [-0.1, -0.05) is 44.5 Å². The Labute approximate surface area is 322 Å². The topological polar surface area (TPSA) is 175 Å². The van der Waals surface area contributed by atoms with Crippen LogP contribution in [0.1, 0.15) is 126 Å². The van der Waals surface area contributed by atoms with Gasteiger partial charge in [0.15, 0.2) is 0 Å². The second-order valence-corrected chi connectivity index (χ2v) is 16.2. The number of hydrogen-bond acceptors (Lipinski definition) is 8. The number of H-pyrrole nitrogens is 2. The molecule has 0 spiro atoms. The number of hydrogen-bond donors (Lipinski definition) is 4. The van der Waals surface area contributed by atoms with E-state index in [2.05, 4.69) is 49.6 Å². The summed E-state index contributed by atoms with van der Waals surface area (Å²) in [4.78, 5) is 71.2. The standard InChI is InChI=1S/C41H56N8O6/c1-6-25(2)33(47-39(53)55-5)37(51)49-22-8-9-30(49)34-42-23-29(45-34)27-11-13-28(14-12-27)40-15-18-41(19-16-40,20-17-40)32-24-43-35(46-32)31-10-7-21-48(31)36(50)26(3)44-38(52)54-4/h11-14,23-26,30-31,33H,6-10,15-22H2,1-5H3,(H,42,45)(H,43,46)(H,44,52)(H,47,53)/t25-,26?,30-,31-,33-,40?,41?/m0/s1. The lowest BCUT2D eigenvalue weighted by atomic mass is 9.51. The minimum absolute atomic E-state index is 0.0402. The molecule has 2 aromatic heterocycles. The van der Waals surface area contributed by atoms with Crippen LogP contribution < -0.4 is 10.6 Å². The van der Waals surface area contributed by atoms with Crippen molar-refractivity contribution in [2.45, 2.75) is 126 Å². The number of imidazole rings is 2. The monoisotopic (exact) mass is 756 g/mol. The summed E-state index contributed by atoms with van der Waals surface area (Å²) in [5.74, 6) is 1.33. The highest BCUT2D eigenvalue weighted by atomic mass is 16.5. The van der Waals surface area contributed by atoms with E-state index in [-0.39, 0.29) is 40.6 Å². The first-order valence-corrected chi connectivity index (χ1v) is 20.0. The summed E-state index contributed by atoms with van der Waals surface area (Å²) in [5, 5.41) is 5.36. The van der Waals surface area contributed by atoms with Crippen molar-refractivity contribution in [1.82, 2.24) is 40.4 Å². The first-order chi connectivity index (χ1) is 26.5. The molecule has 3 saturated carbocycles. The van der Waals surface area contributed by atoms with Gasteiger partial charge in [-0.2, -0.15) is 0 Å². The summed E-state index contributed by atoms with van der Waals surface area (Å²) in [7, 11) is 2.60. The Balaban J connectivity index is 0.990. The number of alkyl carbamates (subject to hydrolysis) is 2. The molecule has 5 aliphatic rings. The molecular weight excluding hydrogens is 701 g/mol. The molecule has 14 heteroatoms. The molecule has 8 rings (SSSR count). The molecule has 3 aliphatic carbocycles. The van der Waals surface area contributed by atoms with Crippen LogP contribution in [0.4, 0.5) is 9.59 Å². The maximum atomic E-state index is 13.7. The van der Waals surface area contributed by atoms with E-state index in [0.29, 0.717) is 13.1 Å². The van der Waals surface area contributed by atoms with E-state index < -0.39 is 24.3 Å². The van der Waals surface area contributed by atoms with E-state index in [0.717, 1.165) is 93.5 Å². The molecule has 4 amide bonds. The number of carbonyl (C=O) groups is 4. The van der Waals surface area contributed by atoms with Crippen LogP contribution in [0.2, 0.25) is 0 Å². The van der Waals surface area contributed by atoms with Crippen LogP contribution in [0.5, 0.6) is 0 Å². The molecule has 3 aromatic rings. The van der Waals surface area contributed by atoms with Gasteiger partial charge in [0.2, 0.25) is 11.8 Å². The van der Waals surface area contributed by atoms with E-state index in [1.54, 1.807) is 6.92 Å². The van der Waals surface area contributed by atoms with Gasteiger partial charge in [-0.05, 0) is 93.6 Å². The number of carbonyl (C=O) groups excluding carboxylic acids is 4. The third-order valence-corrected chi connectivity index (χ3v) is 13.3. The molecular formula is C41H56N8O6. The number of benzene rings is 1. The normalized spacial score (nSPS) is 26.3. The average molecular weight is 757 g/mol. The van der Waals surface area contributed by atoms with Crippen molar-refractivity contribution in [1.29, 1.82) is 0 Å². The summed E-state index contributed by atoms with van der Waals surface area (Å²) in [6.07, 6.45) is 13.4. The van der Waals surface area contributed by atoms with Crippen LogP contribution in [0.15, 0.2) is 36.7 Å². The molecule has 1 unspecified atom stereocenters. The van der Waals surface area contributed by atoms with Crippen molar-refractivity contribution in [3.05, 3.63) is 59.6 Å². The van der Waals surface area contributed by atoms with Crippen LogP contribution in [0.3, 0.4) is 0 Å². The van der Waals surface area contributed by atoms with Crippen molar-refractivity contribution in [2.75, 3.05) is 27.3 Å². The highest BCUT2D eigenvalue weighted by molar-refractivity contribution is 5.87. The second kappa shape index (κ2) is 15.7. The van der Waals surface area contributed by atoms with Crippen molar-refractivity contribution in [3.63, 3.8) is 0 Å². The van der Waals surface area contributed by atoms with Crippen molar-refractivity contribution < 1.29 is 28.7 Å². The first-order valence-electron chi connectivity index (χ1n) is 20.0.